The lowest BCUT2D eigenvalue weighted by atomic mass is 9.91. The normalized spacial score (nSPS) is 15.4. The van der Waals surface area contributed by atoms with Gasteiger partial charge < -0.3 is 20.3 Å². The van der Waals surface area contributed by atoms with Crippen molar-refractivity contribution in [3.05, 3.63) is 30.3 Å². The highest BCUT2D eigenvalue weighted by molar-refractivity contribution is 5.86. The maximum absolute atomic E-state index is 12.4. The van der Waals surface area contributed by atoms with Crippen molar-refractivity contribution in [3.63, 3.8) is 0 Å². The zero-order valence-electron chi connectivity index (χ0n) is 15.1. The van der Waals surface area contributed by atoms with Gasteiger partial charge in [-0.25, -0.2) is 0 Å². The van der Waals surface area contributed by atoms with E-state index >= 15 is 0 Å². The third-order valence-corrected chi connectivity index (χ3v) is 4.62. The van der Waals surface area contributed by atoms with Crippen molar-refractivity contribution in [2.45, 2.75) is 31.3 Å². The van der Waals surface area contributed by atoms with E-state index in [0.29, 0.717) is 6.54 Å². The minimum Gasteiger partial charge on any atom is -0.375 e. The molecule has 1 heterocycles. The summed E-state index contributed by atoms with van der Waals surface area (Å²) in [6, 6.07) is 10.4. The van der Waals surface area contributed by atoms with Gasteiger partial charge in [0.05, 0.1) is 0 Å². The van der Waals surface area contributed by atoms with Crippen molar-refractivity contribution in [1.82, 2.24) is 10.6 Å². The number of benzene rings is 1. The number of nitrogens with one attached hydrogen (secondary N) is 2. The van der Waals surface area contributed by atoms with Crippen LogP contribution in [0.5, 0.6) is 0 Å². The van der Waals surface area contributed by atoms with Crippen LogP contribution in [0.2, 0.25) is 0 Å². The second-order valence-corrected chi connectivity index (χ2v) is 6.17. The summed E-state index contributed by atoms with van der Waals surface area (Å²) >= 11 is 0. The molecule has 25 heavy (non-hydrogen) atoms. The topological polar surface area (TPSA) is 53.6 Å². The number of ether oxygens (including phenoxy) is 1. The van der Waals surface area contributed by atoms with Gasteiger partial charge in [-0.15, -0.1) is 24.8 Å². The molecule has 1 saturated heterocycles. The van der Waals surface area contributed by atoms with Gasteiger partial charge in [-0.2, -0.15) is 0 Å². The van der Waals surface area contributed by atoms with E-state index < -0.39 is 5.60 Å². The number of rotatable bonds is 8. The van der Waals surface area contributed by atoms with Gasteiger partial charge in [0.25, 0.3) is 5.91 Å². The van der Waals surface area contributed by atoms with Crippen LogP contribution in [-0.4, -0.2) is 51.8 Å². The Morgan fingerprint density at radius 1 is 1.20 bits per heavy atom. The lowest BCUT2D eigenvalue weighted by Crippen LogP contribution is -2.54. The second kappa shape index (κ2) is 12.4. The summed E-state index contributed by atoms with van der Waals surface area (Å²) in [6.07, 6.45) is 3.51. The molecule has 0 saturated carbocycles. The molecule has 0 atom stereocenters. The van der Waals surface area contributed by atoms with E-state index in [1.54, 1.807) is 7.11 Å². The van der Waals surface area contributed by atoms with E-state index in [2.05, 4.69) is 46.8 Å². The minimum atomic E-state index is -0.633. The van der Waals surface area contributed by atoms with Crippen LogP contribution in [0.1, 0.15) is 25.7 Å². The molecule has 0 aromatic heterocycles. The Hall–Kier alpha value is -1.01. The molecule has 1 aromatic carbocycles. The number of nitrogens with zero attached hydrogens (tertiary/aromatic N) is 1. The van der Waals surface area contributed by atoms with Crippen LogP contribution in [0.4, 0.5) is 5.69 Å². The number of piperidine rings is 1. The Balaban J connectivity index is 0.00000288. The van der Waals surface area contributed by atoms with Crippen molar-refractivity contribution in [1.29, 1.82) is 0 Å². The summed E-state index contributed by atoms with van der Waals surface area (Å²) in [4.78, 5) is 14.6. The van der Waals surface area contributed by atoms with Gasteiger partial charge in [-0.1, -0.05) is 18.2 Å². The molecule has 2 rings (SSSR count). The lowest BCUT2D eigenvalue weighted by molar-refractivity contribution is -0.146. The standard InChI is InChI=1S/C18H29N3O2.2ClH/c1-21(16-8-4-3-5-9-16)15-7-6-12-20-17(22)18(23-2)10-13-19-14-11-18;;/h3-5,8-9,19H,6-7,10-15H2,1-2H3,(H,20,22);2*1H. The fourth-order valence-corrected chi connectivity index (χ4v) is 3.00. The van der Waals surface area contributed by atoms with E-state index in [4.69, 9.17) is 4.74 Å². The van der Waals surface area contributed by atoms with Crippen molar-refractivity contribution >= 4 is 36.4 Å². The predicted molar refractivity (Wildman–Crippen MR) is 108 cm³/mol. The minimum absolute atomic E-state index is 0. The van der Waals surface area contributed by atoms with Gasteiger partial charge >= 0.3 is 0 Å². The Labute approximate surface area is 163 Å². The first-order valence-corrected chi connectivity index (χ1v) is 8.48. The highest BCUT2D eigenvalue weighted by Gasteiger charge is 2.39. The molecule has 5 nitrogen and oxygen atoms in total. The Bertz CT molecular complexity index is 482. The molecular formula is C18H31Cl2N3O2. The summed E-state index contributed by atoms with van der Waals surface area (Å²) in [5, 5.41) is 6.31. The van der Waals surface area contributed by atoms with Crippen molar-refractivity contribution in [2.24, 2.45) is 0 Å². The number of hydrogen-bond acceptors (Lipinski definition) is 4. The number of carbonyl (C=O) groups is 1. The molecule has 0 spiro atoms. The molecular weight excluding hydrogens is 361 g/mol. The molecule has 1 fully saturated rings. The first kappa shape index (κ1) is 24.0. The van der Waals surface area contributed by atoms with E-state index in [1.165, 1.54) is 5.69 Å². The molecule has 1 aliphatic heterocycles. The molecule has 144 valence electrons. The maximum atomic E-state index is 12.4. The van der Waals surface area contributed by atoms with Crippen LogP contribution in [-0.2, 0) is 9.53 Å². The average Bonchev–Trinajstić information content (AvgIpc) is 2.62. The Morgan fingerprint density at radius 2 is 1.84 bits per heavy atom. The van der Waals surface area contributed by atoms with Gasteiger partial charge in [0, 0.05) is 32.9 Å². The van der Waals surface area contributed by atoms with Crippen LogP contribution in [0.15, 0.2) is 30.3 Å². The quantitative estimate of drug-likeness (QED) is 0.668. The number of para-hydroxylation sites is 1. The van der Waals surface area contributed by atoms with Gasteiger partial charge in [0.1, 0.15) is 5.60 Å². The Morgan fingerprint density at radius 3 is 2.44 bits per heavy atom. The molecule has 0 unspecified atom stereocenters. The van der Waals surface area contributed by atoms with Crippen LogP contribution in [0.25, 0.3) is 0 Å². The summed E-state index contributed by atoms with van der Waals surface area (Å²) in [6.45, 7) is 3.37. The fraction of sp³-hybridized carbons (Fsp3) is 0.611. The van der Waals surface area contributed by atoms with Crippen LogP contribution in [0, 0.1) is 0 Å². The average molecular weight is 392 g/mol. The van der Waals surface area contributed by atoms with Gasteiger partial charge in [0.2, 0.25) is 0 Å². The summed E-state index contributed by atoms with van der Waals surface area (Å²) in [7, 11) is 3.74. The number of anilines is 1. The third-order valence-electron chi connectivity index (χ3n) is 4.62. The first-order valence-electron chi connectivity index (χ1n) is 8.48. The zero-order valence-corrected chi connectivity index (χ0v) is 16.8. The Kier molecular flexibility index (Phi) is 11.9. The zero-order chi connectivity index (χ0) is 16.5. The summed E-state index contributed by atoms with van der Waals surface area (Å²) < 4.78 is 5.53. The fourth-order valence-electron chi connectivity index (χ4n) is 3.00. The van der Waals surface area contributed by atoms with Crippen LogP contribution < -0.4 is 15.5 Å². The molecule has 1 aliphatic rings. The smallest absolute Gasteiger partial charge is 0.252 e. The SMILES string of the molecule is COC1(C(=O)NCCCCN(C)c2ccccc2)CCNCC1.Cl.Cl. The lowest BCUT2D eigenvalue weighted by Gasteiger charge is -2.34. The van der Waals surface area contributed by atoms with Crippen molar-refractivity contribution < 1.29 is 9.53 Å². The van der Waals surface area contributed by atoms with Crippen LogP contribution >= 0.6 is 24.8 Å². The number of unbranched alkanes of at least 4 members (excludes halogenated alkanes) is 1. The van der Waals surface area contributed by atoms with E-state index in [-0.39, 0.29) is 30.7 Å². The first-order chi connectivity index (χ1) is 11.2. The highest BCUT2D eigenvalue weighted by atomic mass is 35.5. The van der Waals surface area contributed by atoms with E-state index in [1.807, 2.05) is 6.07 Å². The highest BCUT2D eigenvalue weighted by Crippen LogP contribution is 2.22. The third kappa shape index (κ3) is 7.02. The molecule has 1 aromatic rings. The molecule has 0 aliphatic carbocycles. The summed E-state index contributed by atoms with van der Waals surface area (Å²) in [5.74, 6) is 0.0397. The van der Waals surface area contributed by atoms with E-state index in [9.17, 15) is 4.79 Å². The molecule has 0 bridgehead atoms. The maximum Gasteiger partial charge on any atom is 0.252 e. The number of carbonyl (C=O) groups excluding carboxylic acids is 1. The number of hydrogen-bond donors (Lipinski definition) is 2. The molecule has 7 heteroatoms. The van der Waals surface area contributed by atoms with Crippen molar-refractivity contribution in [2.75, 3.05) is 45.2 Å². The predicted octanol–water partition coefficient (Wildman–Crippen LogP) is 2.63. The second-order valence-electron chi connectivity index (χ2n) is 6.17. The number of halogens is 2. The number of amides is 1. The molecule has 2 N–H and O–H groups in total. The van der Waals surface area contributed by atoms with E-state index in [0.717, 1.165) is 45.3 Å². The summed E-state index contributed by atoms with van der Waals surface area (Å²) in [5.41, 5.74) is 0.594. The van der Waals surface area contributed by atoms with Gasteiger partial charge in [0.15, 0.2) is 0 Å². The van der Waals surface area contributed by atoms with Crippen LogP contribution in [0.3, 0.4) is 0 Å². The monoisotopic (exact) mass is 391 g/mol. The largest absolute Gasteiger partial charge is 0.375 e. The van der Waals surface area contributed by atoms with Gasteiger partial charge in [-0.3, -0.25) is 4.79 Å². The van der Waals surface area contributed by atoms with Gasteiger partial charge in [-0.05, 0) is 50.9 Å². The van der Waals surface area contributed by atoms with Crippen molar-refractivity contribution in [3.8, 4) is 0 Å². The molecule has 0 radical (unpaired) electrons. The molecule has 1 amide bonds. The number of methoxy groups -OCH3 is 1.